The van der Waals surface area contributed by atoms with Crippen molar-refractivity contribution in [3.8, 4) is 0 Å². The summed E-state index contributed by atoms with van der Waals surface area (Å²) in [6, 6.07) is 0. The second kappa shape index (κ2) is 5.38. The van der Waals surface area contributed by atoms with Crippen molar-refractivity contribution in [1.82, 2.24) is 4.90 Å². The molecule has 0 aromatic heterocycles. The quantitative estimate of drug-likeness (QED) is 0.822. The lowest BCUT2D eigenvalue weighted by atomic mass is 9.82. The highest BCUT2D eigenvalue weighted by Crippen LogP contribution is 2.31. The fraction of sp³-hybridized carbons (Fsp3) is 0.929. The van der Waals surface area contributed by atoms with Crippen LogP contribution in [0.5, 0.6) is 0 Å². The number of carbonyl (C=O) groups is 1. The first kappa shape index (κ1) is 12.9. The van der Waals surface area contributed by atoms with E-state index in [1.165, 1.54) is 25.7 Å². The number of aliphatic carboxylic acids is 1. The lowest BCUT2D eigenvalue weighted by molar-refractivity contribution is -0.142. The van der Waals surface area contributed by atoms with Crippen LogP contribution in [0.1, 0.15) is 39.5 Å². The van der Waals surface area contributed by atoms with Crippen LogP contribution in [0.3, 0.4) is 0 Å². The van der Waals surface area contributed by atoms with E-state index >= 15 is 0 Å². The standard InChI is InChI=1S/C14H25NO2/c1-10-4-3-5-12(6-10)8-15-7-11(2)13(9-15)14(16)17/h10-13H,3-9H2,1-2H3,(H,16,17). The summed E-state index contributed by atoms with van der Waals surface area (Å²) in [6.45, 7) is 7.28. The molecule has 4 unspecified atom stereocenters. The van der Waals surface area contributed by atoms with Crippen LogP contribution in [-0.4, -0.2) is 35.6 Å². The molecule has 0 amide bonds. The first-order valence-corrected chi connectivity index (χ1v) is 7.01. The second-order valence-electron chi connectivity index (χ2n) is 6.28. The molecule has 1 aliphatic heterocycles. The van der Waals surface area contributed by atoms with Gasteiger partial charge in [0.25, 0.3) is 0 Å². The molecule has 1 aliphatic carbocycles. The summed E-state index contributed by atoms with van der Waals surface area (Å²) in [5, 5.41) is 9.12. The maximum atomic E-state index is 11.1. The first-order valence-electron chi connectivity index (χ1n) is 7.01. The predicted octanol–water partition coefficient (Wildman–Crippen LogP) is 2.47. The Morgan fingerprint density at radius 3 is 2.65 bits per heavy atom. The summed E-state index contributed by atoms with van der Waals surface area (Å²) in [5.41, 5.74) is 0. The Morgan fingerprint density at radius 1 is 1.29 bits per heavy atom. The zero-order valence-electron chi connectivity index (χ0n) is 11.1. The van der Waals surface area contributed by atoms with Crippen molar-refractivity contribution in [2.45, 2.75) is 39.5 Å². The Labute approximate surface area is 104 Å². The third-order valence-corrected chi connectivity index (χ3v) is 4.57. The number of hydrogen-bond acceptors (Lipinski definition) is 2. The average molecular weight is 239 g/mol. The topological polar surface area (TPSA) is 40.5 Å². The van der Waals surface area contributed by atoms with Crippen LogP contribution in [0.15, 0.2) is 0 Å². The molecule has 17 heavy (non-hydrogen) atoms. The van der Waals surface area contributed by atoms with Gasteiger partial charge < -0.3 is 10.0 Å². The Morgan fingerprint density at radius 2 is 2.06 bits per heavy atom. The molecule has 0 aromatic carbocycles. The van der Waals surface area contributed by atoms with E-state index in [1.807, 2.05) is 0 Å². The summed E-state index contributed by atoms with van der Waals surface area (Å²) in [5.74, 6) is 1.23. The monoisotopic (exact) mass is 239 g/mol. The summed E-state index contributed by atoms with van der Waals surface area (Å²) in [6.07, 6.45) is 5.41. The van der Waals surface area contributed by atoms with Gasteiger partial charge >= 0.3 is 5.97 Å². The molecule has 98 valence electrons. The Hall–Kier alpha value is -0.570. The van der Waals surface area contributed by atoms with Gasteiger partial charge in [-0.05, 0) is 30.6 Å². The average Bonchev–Trinajstić information content (AvgIpc) is 2.59. The van der Waals surface area contributed by atoms with Crippen LogP contribution in [0.25, 0.3) is 0 Å². The van der Waals surface area contributed by atoms with Gasteiger partial charge in [0.15, 0.2) is 0 Å². The van der Waals surface area contributed by atoms with Crippen LogP contribution >= 0.6 is 0 Å². The molecule has 2 rings (SSSR count). The van der Waals surface area contributed by atoms with Gasteiger partial charge in [0, 0.05) is 19.6 Å². The van der Waals surface area contributed by atoms with Crippen LogP contribution in [0, 0.1) is 23.7 Å². The van der Waals surface area contributed by atoms with Gasteiger partial charge in [-0.1, -0.05) is 26.7 Å². The molecule has 1 N–H and O–H groups in total. The van der Waals surface area contributed by atoms with E-state index in [0.29, 0.717) is 5.92 Å². The summed E-state index contributed by atoms with van der Waals surface area (Å²) in [7, 11) is 0. The molecule has 4 atom stereocenters. The van der Waals surface area contributed by atoms with Gasteiger partial charge in [-0.15, -0.1) is 0 Å². The molecule has 1 saturated carbocycles. The van der Waals surface area contributed by atoms with Crippen molar-refractivity contribution in [2.24, 2.45) is 23.7 Å². The number of rotatable bonds is 3. The minimum atomic E-state index is -0.614. The van der Waals surface area contributed by atoms with Crippen molar-refractivity contribution in [3.63, 3.8) is 0 Å². The highest BCUT2D eigenvalue weighted by Gasteiger charge is 2.35. The lowest BCUT2D eigenvalue weighted by Gasteiger charge is -2.30. The van der Waals surface area contributed by atoms with Crippen molar-refractivity contribution < 1.29 is 9.90 Å². The molecule has 3 heteroatoms. The van der Waals surface area contributed by atoms with Crippen LogP contribution in [-0.2, 0) is 4.79 Å². The van der Waals surface area contributed by atoms with Gasteiger partial charge in [-0.2, -0.15) is 0 Å². The SMILES string of the molecule is CC1CCCC(CN2CC(C)C(C(=O)O)C2)C1. The highest BCUT2D eigenvalue weighted by molar-refractivity contribution is 5.71. The fourth-order valence-corrected chi connectivity index (χ4v) is 3.63. The molecule has 1 heterocycles. The van der Waals surface area contributed by atoms with Crippen molar-refractivity contribution in [3.05, 3.63) is 0 Å². The van der Waals surface area contributed by atoms with Crippen LogP contribution in [0.2, 0.25) is 0 Å². The van der Waals surface area contributed by atoms with Crippen molar-refractivity contribution >= 4 is 5.97 Å². The summed E-state index contributed by atoms with van der Waals surface area (Å²) >= 11 is 0. The van der Waals surface area contributed by atoms with Gasteiger partial charge in [-0.25, -0.2) is 0 Å². The van der Waals surface area contributed by atoms with Gasteiger partial charge in [0.05, 0.1) is 5.92 Å². The van der Waals surface area contributed by atoms with Crippen molar-refractivity contribution in [1.29, 1.82) is 0 Å². The Kier molecular flexibility index (Phi) is 4.08. The van der Waals surface area contributed by atoms with E-state index in [9.17, 15) is 4.79 Å². The largest absolute Gasteiger partial charge is 0.481 e. The number of carboxylic acid groups (broad SMARTS) is 1. The molecule has 0 bridgehead atoms. The normalized spacial score (nSPS) is 39.4. The molecule has 3 nitrogen and oxygen atoms in total. The molecule has 2 aliphatic rings. The molecule has 0 radical (unpaired) electrons. The number of carboxylic acids is 1. The van der Waals surface area contributed by atoms with E-state index in [1.54, 1.807) is 0 Å². The highest BCUT2D eigenvalue weighted by atomic mass is 16.4. The molecule has 2 fully saturated rings. The Balaban J connectivity index is 1.82. The van der Waals surface area contributed by atoms with E-state index in [-0.39, 0.29) is 5.92 Å². The van der Waals surface area contributed by atoms with Gasteiger partial charge in [-0.3, -0.25) is 4.79 Å². The predicted molar refractivity (Wildman–Crippen MR) is 67.9 cm³/mol. The second-order valence-corrected chi connectivity index (χ2v) is 6.28. The first-order chi connectivity index (χ1) is 8.06. The number of hydrogen-bond donors (Lipinski definition) is 1. The third-order valence-electron chi connectivity index (χ3n) is 4.57. The number of likely N-dealkylation sites (tertiary alicyclic amines) is 1. The smallest absolute Gasteiger partial charge is 0.308 e. The molecule has 0 aromatic rings. The lowest BCUT2D eigenvalue weighted by Crippen LogP contribution is -2.31. The summed E-state index contributed by atoms with van der Waals surface area (Å²) in [4.78, 5) is 13.5. The third kappa shape index (κ3) is 3.21. The molecular formula is C14H25NO2. The number of nitrogens with zero attached hydrogens (tertiary/aromatic N) is 1. The maximum absolute atomic E-state index is 11.1. The van der Waals surface area contributed by atoms with E-state index in [0.717, 1.165) is 31.5 Å². The van der Waals surface area contributed by atoms with Crippen LogP contribution in [0.4, 0.5) is 0 Å². The molecule has 1 saturated heterocycles. The zero-order valence-corrected chi connectivity index (χ0v) is 11.1. The fourth-order valence-electron chi connectivity index (χ4n) is 3.63. The molecule has 0 spiro atoms. The minimum absolute atomic E-state index is 0.143. The van der Waals surface area contributed by atoms with Crippen molar-refractivity contribution in [2.75, 3.05) is 19.6 Å². The maximum Gasteiger partial charge on any atom is 0.308 e. The van der Waals surface area contributed by atoms with Crippen LogP contribution < -0.4 is 0 Å². The Bertz CT molecular complexity index is 279. The van der Waals surface area contributed by atoms with E-state index in [2.05, 4.69) is 18.7 Å². The minimum Gasteiger partial charge on any atom is -0.481 e. The van der Waals surface area contributed by atoms with Gasteiger partial charge in [0.2, 0.25) is 0 Å². The van der Waals surface area contributed by atoms with E-state index < -0.39 is 5.97 Å². The zero-order chi connectivity index (χ0) is 12.4. The molecular weight excluding hydrogens is 214 g/mol. The van der Waals surface area contributed by atoms with E-state index in [4.69, 9.17) is 5.11 Å². The summed E-state index contributed by atoms with van der Waals surface area (Å²) < 4.78 is 0. The van der Waals surface area contributed by atoms with Gasteiger partial charge in [0.1, 0.15) is 0 Å².